The van der Waals surface area contributed by atoms with Gasteiger partial charge in [0, 0.05) is 11.8 Å². The highest BCUT2D eigenvalue weighted by atomic mass is 32.1. The number of nitrogens with zero attached hydrogens (tertiary/aromatic N) is 2. The van der Waals surface area contributed by atoms with Crippen molar-refractivity contribution < 1.29 is 22.6 Å². The number of alkyl halides is 3. The van der Waals surface area contributed by atoms with Crippen molar-refractivity contribution in [1.82, 2.24) is 4.98 Å². The fraction of sp³-hybridized carbons (Fsp3) is 0.154. The number of rotatable bonds is 7. The number of ether oxygens (including phenoxy) is 2. The molecule has 0 saturated heterocycles. The van der Waals surface area contributed by atoms with Crippen molar-refractivity contribution in [2.45, 2.75) is 26.0 Å². The summed E-state index contributed by atoms with van der Waals surface area (Å²) in [4.78, 5) is 5.03. The molecule has 0 aliphatic rings. The summed E-state index contributed by atoms with van der Waals surface area (Å²) < 4.78 is 47.4. The lowest BCUT2D eigenvalue weighted by Crippen LogP contribution is -2.17. The van der Waals surface area contributed by atoms with Crippen molar-refractivity contribution >= 4 is 11.3 Å². The van der Waals surface area contributed by atoms with Crippen LogP contribution in [0, 0.1) is 18.3 Å². The Morgan fingerprint density at radius 2 is 1.79 bits per heavy atom. The van der Waals surface area contributed by atoms with Crippen LogP contribution >= 0.6 is 11.3 Å². The van der Waals surface area contributed by atoms with Crippen LogP contribution in [0.2, 0.25) is 0 Å². The first kappa shape index (κ1) is 23.5. The van der Waals surface area contributed by atoms with Crippen LogP contribution in [0.1, 0.15) is 33.2 Å². The summed E-state index contributed by atoms with van der Waals surface area (Å²) in [6.45, 7) is 2.15. The van der Waals surface area contributed by atoms with E-state index in [4.69, 9.17) is 4.74 Å². The molecule has 1 atom stereocenters. The third-order valence-electron chi connectivity index (χ3n) is 5.19. The van der Waals surface area contributed by atoms with Crippen LogP contribution in [0.5, 0.6) is 5.75 Å². The summed E-state index contributed by atoms with van der Waals surface area (Å²) in [5.41, 5.74) is 6.62. The highest BCUT2D eigenvalue weighted by Gasteiger charge is 2.31. The molecule has 8 heteroatoms. The first-order valence-electron chi connectivity index (χ1n) is 10.3. The number of benzene rings is 3. The Bertz CT molecular complexity index is 1300. The third-order valence-corrected chi connectivity index (χ3v) is 6.00. The molecule has 1 unspecified atom stereocenters. The van der Waals surface area contributed by atoms with Crippen molar-refractivity contribution in [3.63, 3.8) is 0 Å². The second-order valence-electron chi connectivity index (χ2n) is 7.52. The highest BCUT2D eigenvalue weighted by molar-refractivity contribution is 7.09. The van der Waals surface area contributed by atoms with Gasteiger partial charge in [0.05, 0.1) is 28.6 Å². The standard InChI is InChI=1S/C26H19F3N2O2S/c1-17-4-2-3-5-22(17)23-12-19(8-9-20(23)13-30)25(24-14-31-16-34-24)32-15-18-6-10-21(11-7-18)33-26(27,28)29/h2-12,14,16,25H,15H2,1H3. The lowest BCUT2D eigenvalue weighted by atomic mass is 9.93. The molecule has 4 rings (SSSR count). The second-order valence-corrected chi connectivity index (χ2v) is 8.44. The van der Waals surface area contributed by atoms with Gasteiger partial charge in [-0.05, 0) is 53.4 Å². The Labute approximate surface area is 198 Å². The summed E-state index contributed by atoms with van der Waals surface area (Å²) in [5, 5.41) is 9.66. The molecule has 0 amide bonds. The first-order chi connectivity index (χ1) is 16.3. The zero-order valence-electron chi connectivity index (χ0n) is 18.0. The van der Waals surface area contributed by atoms with Gasteiger partial charge in [0.15, 0.2) is 0 Å². The van der Waals surface area contributed by atoms with Gasteiger partial charge >= 0.3 is 6.36 Å². The maximum absolute atomic E-state index is 12.4. The topological polar surface area (TPSA) is 55.1 Å². The molecule has 172 valence electrons. The maximum Gasteiger partial charge on any atom is 0.573 e. The van der Waals surface area contributed by atoms with E-state index < -0.39 is 12.5 Å². The molecule has 0 spiro atoms. The zero-order chi connectivity index (χ0) is 24.1. The van der Waals surface area contributed by atoms with E-state index in [1.165, 1.54) is 35.6 Å². The number of nitriles is 1. The number of hydrogen-bond acceptors (Lipinski definition) is 5. The Hall–Kier alpha value is -3.67. The number of aromatic nitrogens is 1. The van der Waals surface area contributed by atoms with E-state index in [-0.39, 0.29) is 12.4 Å². The summed E-state index contributed by atoms with van der Waals surface area (Å²) in [5.74, 6) is -0.287. The van der Waals surface area contributed by atoms with Gasteiger partial charge < -0.3 is 9.47 Å². The van der Waals surface area contributed by atoms with E-state index in [2.05, 4.69) is 15.8 Å². The lowest BCUT2D eigenvalue weighted by Gasteiger charge is -2.19. The molecule has 34 heavy (non-hydrogen) atoms. The molecule has 0 N–H and O–H groups in total. The van der Waals surface area contributed by atoms with Crippen molar-refractivity contribution in [2.24, 2.45) is 0 Å². The molecule has 1 aromatic heterocycles. The number of thiazole rings is 1. The molecule has 4 nitrogen and oxygen atoms in total. The van der Waals surface area contributed by atoms with Crippen LogP contribution in [0.3, 0.4) is 0 Å². The molecular weight excluding hydrogens is 461 g/mol. The molecule has 1 heterocycles. The normalized spacial score (nSPS) is 12.2. The average Bonchev–Trinajstić information content (AvgIpc) is 3.34. The Balaban J connectivity index is 1.62. The summed E-state index contributed by atoms with van der Waals surface area (Å²) in [6, 6.07) is 21.3. The van der Waals surface area contributed by atoms with Crippen molar-refractivity contribution in [2.75, 3.05) is 0 Å². The van der Waals surface area contributed by atoms with Crippen molar-refractivity contribution in [3.8, 4) is 22.9 Å². The van der Waals surface area contributed by atoms with Gasteiger partial charge in [-0.3, -0.25) is 4.98 Å². The minimum absolute atomic E-state index is 0.161. The van der Waals surface area contributed by atoms with Gasteiger partial charge in [0.25, 0.3) is 0 Å². The van der Waals surface area contributed by atoms with Gasteiger partial charge in [0.2, 0.25) is 0 Å². The van der Waals surface area contributed by atoms with E-state index in [0.717, 1.165) is 27.1 Å². The van der Waals surface area contributed by atoms with Crippen LogP contribution in [0.15, 0.2) is 78.4 Å². The van der Waals surface area contributed by atoms with E-state index >= 15 is 0 Å². The average molecular weight is 481 g/mol. The predicted octanol–water partition coefficient (Wildman–Crippen LogP) is 7.20. The molecule has 0 aliphatic carbocycles. The minimum Gasteiger partial charge on any atom is -0.406 e. The van der Waals surface area contributed by atoms with Crippen molar-refractivity contribution in [1.29, 1.82) is 5.26 Å². The monoisotopic (exact) mass is 480 g/mol. The van der Waals surface area contributed by atoms with Crippen molar-refractivity contribution in [3.05, 3.63) is 106 Å². The molecule has 0 saturated carbocycles. The lowest BCUT2D eigenvalue weighted by molar-refractivity contribution is -0.274. The molecular formula is C26H19F3N2O2S. The highest BCUT2D eigenvalue weighted by Crippen LogP contribution is 2.35. The summed E-state index contributed by atoms with van der Waals surface area (Å²) >= 11 is 1.44. The summed E-state index contributed by atoms with van der Waals surface area (Å²) in [7, 11) is 0. The first-order valence-corrected chi connectivity index (χ1v) is 11.2. The summed E-state index contributed by atoms with van der Waals surface area (Å²) in [6.07, 6.45) is -3.48. The molecule has 0 bridgehead atoms. The Morgan fingerprint density at radius 1 is 1.03 bits per heavy atom. The number of halogens is 3. The van der Waals surface area contributed by atoms with Crippen LogP contribution < -0.4 is 4.74 Å². The van der Waals surface area contributed by atoms with Crippen LogP contribution in [-0.4, -0.2) is 11.3 Å². The van der Waals surface area contributed by atoms with E-state index in [1.807, 2.05) is 43.3 Å². The predicted molar refractivity (Wildman–Crippen MR) is 123 cm³/mol. The quantitative estimate of drug-likeness (QED) is 0.281. The molecule has 3 aromatic carbocycles. The van der Waals surface area contributed by atoms with Gasteiger partial charge in [-0.1, -0.05) is 42.5 Å². The van der Waals surface area contributed by atoms with E-state index in [9.17, 15) is 18.4 Å². The van der Waals surface area contributed by atoms with Gasteiger partial charge in [-0.25, -0.2) is 0 Å². The second kappa shape index (κ2) is 10.1. The molecule has 0 radical (unpaired) electrons. The largest absolute Gasteiger partial charge is 0.573 e. The Kier molecular flexibility index (Phi) is 6.96. The van der Waals surface area contributed by atoms with Gasteiger partial charge in [0.1, 0.15) is 11.9 Å². The van der Waals surface area contributed by atoms with E-state index in [0.29, 0.717) is 11.1 Å². The maximum atomic E-state index is 12.4. The number of aryl methyl sites for hydroxylation is 1. The van der Waals surface area contributed by atoms with Gasteiger partial charge in [-0.15, -0.1) is 24.5 Å². The van der Waals surface area contributed by atoms with Gasteiger partial charge in [-0.2, -0.15) is 5.26 Å². The molecule has 0 aliphatic heterocycles. The smallest absolute Gasteiger partial charge is 0.406 e. The SMILES string of the molecule is Cc1ccccc1-c1cc(C(OCc2ccc(OC(F)(F)F)cc2)c2cncs2)ccc1C#N. The Morgan fingerprint density at radius 3 is 2.44 bits per heavy atom. The van der Waals surface area contributed by atoms with Crippen LogP contribution in [0.25, 0.3) is 11.1 Å². The fourth-order valence-electron chi connectivity index (χ4n) is 3.59. The zero-order valence-corrected chi connectivity index (χ0v) is 18.9. The number of hydrogen-bond donors (Lipinski definition) is 0. The third kappa shape index (κ3) is 5.63. The fourth-order valence-corrected chi connectivity index (χ4v) is 4.28. The van der Waals surface area contributed by atoms with Crippen LogP contribution in [0.4, 0.5) is 13.2 Å². The minimum atomic E-state index is -4.74. The molecule has 4 aromatic rings. The molecule has 0 fully saturated rings. The van der Waals surface area contributed by atoms with E-state index in [1.54, 1.807) is 17.8 Å². The van der Waals surface area contributed by atoms with Crippen LogP contribution in [-0.2, 0) is 11.3 Å².